The molecular weight excluding hydrogens is 256 g/mol. The highest BCUT2D eigenvalue weighted by Gasteiger charge is 2.11. The summed E-state index contributed by atoms with van der Waals surface area (Å²) >= 11 is 1.62. The van der Waals surface area contributed by atoms with E-state index in [0.717, 1.165) is 35.3 Å². The van der Waals surface area contributed by atoms with Crippen molar-refractivity contribution >= 4 is 27.3 Å². The second-order valence-corrected chi connectivity index (χ2v) is 5.34. The summed E-state index contributed by atoms with van der Waals surface area (Å²) in [5.74, 6) is 0.0320. The van der Waals surface area contributed by atoms with Crippen LogP contribution in [0.25, 0.3) is 10.1 Å². The number of nitrogens with zero attached hydrogens (tertiary/aromatic N) is 1. The highest BCUT2D eigenvalue weighted by Crippen LogP contribution is 2.25. The van der Waals surface area contributed by atoms with Gasteiger partial charge in [0.1, 0.15) is 0 Å². The Bertz CT molecular complexity index is 546. The van der Waals surface area contributed by atoms with E-state index < -0.39 is 0 Å². The van der Waals surface area contributed by atoms with Gasteiger partial charge in [-0.2, -0.15) is 0 Å². The number of hydrogen-bond donors (Lipinski definition) is 1. The summed E-state index contributed by atoms with van der Waals surface area (Å²) < 4.78 is 1.16. The third kappa shape index (κ3) is 3.33. The molecule has 0 aliphatic rings. The number of nitrogens with one attached hydrogen (secondary N) is 1. The predicted octanol–water partition coefficient (Wildman–Crippen LogP) is 2.97. The fraction of sp³-hybridized carbons (Fsp3) is 0.400. The van der Waals surface area contributed by atoms with Gasteiger partial charge in [0.25, 0.3) is 5.91 Å². The van der Waals surface area contributed by atoms with Crippen molar-refractivity contribution in [3.8, 4) is 0 Å². The fourth-order valence-electron chi connectivity index (χ4n) is 2.12. The maximum Gasteiger partial charge on any atom is 0.252 e. The van der Waals surface area contributed by atoms with Crippen LogP contribution in [0.4, 0.5) is 0 Å². The molecular formula is C15H20N2OS. The number of carbonyl (C=O) groups excluding carboxylic acids is 1. The number of carbonyl (C=O) groups is 1. The minimum Gasteiger partial charge on any atom is -0.351 e. The van der Waals surface area contributed by atoms with Crippen LogP contribution in [0.1, 0.15) is 24.2 Å². The molecule has 0 bridgehead atoms. The van der Waals surface area contributed by atoms with Gasteiger partial charge in [-0.15, -0.1) is 11.3 Å². The van der Waals surface area contributed by atoms with Gasteiger partial charge >= 0.3 is 0 Å². The summed E-state index contributed by atoms with van der Waals surface area (Å²) in [6.45, 7) is 7.92. The second-order valence-electron chi connectivity index (χ2n) is 4.43. The summed E-state index contributed by atoms with van der Waals surface area (Å²) in [6.07, 6.45) is 0. The molecule has 4 heteroatoms. The zero-order valence-corrected chi connectivity index (χ0v) is 12.3. The Kier molecular flexibility index (Phi) is 4.93. The standard InChI is InChI=1S/C15H20N2OS/c1-3-17(4-2)10-9-16-15(18)13-11-19-14-8-6-5-7-12(13)14/h5-8,11H,3-4,9-10H2,1-2H3,(H,16,18). The van der Waals surface area contributed by atoms with Crippen LogP contribution in [0.15, 0.2) is 29.6 Å². The van der Waals surface area contributed by atoms with Crippen molar-refractivity contribution in [2.45, 2.75) is 13.8 Å². The van der Waals surface area contributed by atoms with Gasteiger partial charge in [0, 0.05) is 28.6 Å². The van der Waals surface area contributed by atoms with E-state index in [1.807, 2.05) is 29.6 Å². The van der Waals surface area contributed by atoms with Crippen molar-refractivity contribution in [1.29, 1.82) is 0 Å². The molecule has 0 saturated heterocycles. The first kappa shape index (κ1) is 14.0. The highest BCUT2D eigenvalue weighted by atomic mass is 32.1. The summed E-state index contributed by atoms with van der Waals surface area (Å²) in [5, 5.41) is 5.99. The van der Waals surface area contributed by atoms with Crippen molar-refractivity contribution in [3.05, 3.63) is 35.2 Å². The Morgan fingerprint density at radius 2 is 2.00 bits per heavy atom. The van der Waals surface area contributed by atoms with Crippen LogP contribution in [-0.2, 0) is 0 Å². The van der Waals surface area contributed by atoms with Gasteiger partial charge in [-0.05, 0) is 19.2 Å². The molecule has 2 rings (SSSR count). The van der Waals surface area contributed by atoms with E-state index in [2.05, 4.69) is 24.1 Å². The molecule has 1 amide bonds. The third-order valence-corrected chi connectivity index (χ3v) is 4.30. The quantitative estimate of drug-likeness (QED) is 0.879. The van der Waals surface area contributed by atoms with E-state index in [0.29, 0.717) is 6.54 Å². The van der Waals surface area contributed by atoms with Crippen molar-refractivity contribution in [1.82, 2.24) is 10.2 Å². The molecule has 0 saturated carbocycles. The molecule has 19 heavy (non-hydrogen) atoms. The average Bonchev–Trinajstić information content (AvgIpc) is 2.87. The summed E-state index contributed by atoms with van der Waals surface area (Å²) in [7, 11) is 0. The second kappa shape index (κ2) is 6.68. The molecule has 0 fully saturated rings. The maximum atomic E-state index is 12.2. The molecule has 0 aliphatic heterocycles. The minimum absolute atomic E-state index is 0.0320. The minimum atomic E-state index is 0.0320. The Labute approximate surface area is 118 Å². The van der Waals surface area contributed by atoms with E-state index >= 15 is 0 Å². The highest BCUT2D eigenvalue weighted by molar-refractivity contribution is 7.17. The lowest BCUT2D eigenvalue weighted by Crippen LogP contribution is -2.34. The molecule has 0 aliphatic carbocycles. The van der Waals surface area contributed by atoms with Crippen molar-refractivity contribution in [2.24, 2.45) is 0 Å². The third-order valence-electron chi connectivity index (χ3n) is 3.33. The van der Waals surface area contributed by atoms with Crippen LogP contribution in [-0.4, -0.2) is 37.0 Å². The van der Waals surface area contributed by atoms with Gasteiger partial charge in [-0.1, -0.05) is 32.0 Å². The molecule has 0 atom stereocenters. The zero-order valence-electron chi connectivity index (χ0n) is 11.5. The number of rotatable bonds is 6. The van der Waals surface area contributed by atoms with Crippen LogP contribution in [0.2, 0.25) is 0 Å². The normalized spacial score (nSPS) is 11.1. The van der Waals surface area contributed by atoms with Crippen molar-refractivity contribution in [3.63, 3.8) is 0 Å². The monoisotopic (exact) mass is 276 g/mol. The first-order valence-electron chi connectivity index (χ1n) is 6.73. The number of likely N-dealkylation sites (N-methyl/N-ethyl adjacent to an activating group) is 1. The van der Waals surface area contributed by atoms with Gasteiger partial charge in [0.2, 0.25) is 0 Å². The lowest BCUT2D eigenvalue weighted by Gasteiger charge is -2.17. The Balaban J connectivity index is 1.97. The van der Waals surface area contributed by atoms with Gasteiger partial charge < -0.3 is 10.2 Å². The number of fused-ring (bicyclic) bond motifs is 1. The van der Waals surface area contributed by atoms with Gasteiger partial charge in [0.05, 0.1) is 5.56 Å². The smallest absolute Gasteiger partial charge is 0.252 e. The lowest BCUT2D eigenvalue weighted by molar-refractivity contribution is 0.0951. The lowest BCUT2D eigenvalue weighted by atomic mass is 10.1. The molecule has 3 nitrogen and oxygen atoms in total. The number of benzene rings is 1. The average molecular weight is 276 g/mol. The fourth-order valence-corrected chi connectivity index (χ4v) is 3.06. The summed E-state index contributed by atoms with van der Waals surface area (Å²) in [5.41, 5.74) is 0.792. The Morgan fingerprint density at radius 3 is 2.74 bits per heavy atom. The van der Waals surface area contributed by atoms with Crippen LogP contribution in [0.5, 0.6) is 0 Å². The number of amides is 1. The van der Waals surface area contributed by atoms with Crippen LogP contribution in [0, 0.1) is 0 Å². The van der Waals surface area contributed by atoms with E-state index in [9.17, 15) is 4.79 Å². The van der Waals surface area contributed by atoms with Crippen molar-refractivity contribution < 1.29 is 4.79 Å². The van der Waals surface area contributed by atoms with Gasteiger partial charge in [-0.3, -0.25) is 4.79 Å². The Hall–Kier alpha value is -1.39. The first-order valence-corrected chi connectivity index (χ1v) is 7.61. The van der Waals surface area contributed by atoms with E-state index in [-0.39, 0.29) is 5.91 Å². The van der Waals surface area contributed by atoms with Crippen LogP contribution < -0.4 is 5.32 Å². The summed E-state index contributed by atoms with van der Waals surface area (Å²) in [6, 6.07) is 8.03. The summed E-state index contributed by atoms with van der Waals surface area (Å²) in [4.78, 5) is 14.5. The predicted molar refractivity (Wildman–Crippen MR) is 81.9 cm³/mol. The SMILES string of the molecule is CCN(CC)CCNC(=O)c1csc2ccccc12. The van der Waals surface area contributed by atoms with Gasteiger partial charge in [-0.25, -0.2) is 0 Å². The zero-order chi connectivity index (χ0) is 13.7. The molecule has 0 unspecified atom stereocenters. The molecule has 0 radical (unpaired) electrons. The molecule has 1 N–H and O–H groups in total. The molecule has 1 heterocycles. The topological polar surface area (TPSA) is 32.3 Å². The van der Waals surface area contributed by atoms with E-state index in [1.54, 1.807) is 11.3 Å². The molecule has 1 aromatic heterocycles. The first-order chi connectivity index (χ1) is 9.26. The van der Waals surface area contributed by atoms with Crippen LogP contribution in [0.3, 0.4) is 0 Å². The van der Waals surface area contributed by atoms with Crippen molar-refractivity contribution in [2.75, 3.05) is 26.2 Å². The van der Waals surface area contributed by atoms with Crippen LogP contribution >= 0.6 is 11.3 Å². The molecule has 1 aromatic carbocycles. The molecule has 0 spiro atoms. The molecule has 2 aromatic rings. The molecule has 102 valence electrons. The van der Waals surface area contributed by atoms with E-state index in [4.69, 9.17) is 0 Å². The number of thiophene rings is 1. The Morgan fingerprint density at radius 1 is 1.26 bits per heavy atom. The maximum absolute atomic E-state index is 12.2. The van der Waals surface area contributed by atoms with Gasteiger partial charge in [0.15, 0.2) is 0 Å². The number of hydrogen-bond acceptors (Lipinski definition) is 3. The largest absolute Gasteiger partial charge is 0.351 e. The van der Waals surface area contributed by atoms with E-state index in [1.165, 1.54) is 0 Å².